The lowest BCUT2D eigenvalue weighted by Gasteiger charge is -2.25. The van der Waals surface area contributed by atoms with Crippen molar-refractivity contribution in [3.8, 4) is 0 Å². The van der Waals surface area contributed by atoms with Gasteiger partial charge in [-0.1, -0.05) is 24.6 Å². The predicted molar refractivity (Wildman–Crippen MR) is 141 cm³/mol. The minimum Gasteiger partial charge on any atom is -0.369 e. The third-order valence-electron chi connectivity index (χ3n) is 4.36. The molecule has 0 saturated heterocycles. The van der Waals surface area contributed by atoms with Crippen molar-refractivity contribution in [2.45, 2.75) is 33.2 Å². The van der Waals surface area contributed by atoms with Crippen LogP contribution in [0.1, 0.15) is 49.1 Å². The molecule has 0 aliphatic rings. The van der Waals surface area contributed by atoms with E-state index in [0.717, 1.165) is 34.3 Å². The number of nitrogens with zero attached hydrogens (tertiary/aromatic N) is 5. The standard InChI is InChI=1S/C22H27N7O.3ClH/c1-4-13-30-29(28-22(23)24)16(3)21-18-14-15(2)8-10-19(18)26-20(27-21)11-9-17-7-5-6-12-25-17;;;/h5-12,14,16H,4,13H2,1-3H3,(H4,23,24,28);3*1H/b11-9+;;;. The Balaban J connectivity index is 0.00000341. The van der Waals surface area contributed by atoms with Gasteiger partial charge in [-0.05, 0) is 56.7 Å². The molecule has 3 aromatic rings. The van der Waals surface area contributed by atoms with E-state index >= 15 is 0 Å². The summed E-state index contributed by atoms with van der Waals surface area (Å²) in [6.07, 6.45) is 6.29. The molecule has 1 aromatic carbocycles. The lowest BCUT2D eigenvalue weighted by Crippen LogP contribution is -2.31. The van der Waals surface area contributed by atoms with Crippen LogP contribution in [0.2, 0.25) is 0 Å². The van der Waals surface area contributed by atoms with Crippen LogP contribution in [0.3, 0.4) is 0 Å². The van der Waals surface area contributed by atoms with E-state index in [0.29, 0.717) is 12.4 Å². The van der Waals surface area contributed by atoms with Crippen LogP contribution in [-0.2, 0) is 4.84 Å². The number of aryl methyl sites for hydroxylation is 1. The highest BCUT2D eigenvalue weighted by Crippen LogP contribution is 2.28. The van der Waals surface area contributed by atoms with Crippen molar-refractivity contribution in [2.75, 3.05) is 6.61 Å². The van der Waals surface area contributed by atoms with Gasteiger partial charge in [0, 0.05) is 11.6 Å². The van der Waals surface area contributed by atoms with Crippen LogP contribution >= 0.6 is 37.2 Å². The summed E-state index contributed by atoms with van der Waals surface area (Å²) in [5.74, 6) is 0.488. The second-order valence-corrected chi connectivity index (χ2v) is 6.91. The number of halogens is 3. The van der Waals surface area contributed by atoms with Gasteiger partial charge in [0.25, 0.3) is 0 Å². The Morgan fingerprint density at radius 1 is 1.12 bits per heavy atom. The molecule has 1 atom stereocenters. The number of guanidine groups is 1. The highest BCUT2D eigenvalue weighted by Gasteiger charge is 2.21. The molecule has 0 radical (unpaired) electrons. The molecule has 3 rings (SSSR count). The molecule has 0 fully saturated rings. The molecule has 2 aromatic heterocycles. The van der Waals surface area contributed by atoms with Crippen molar-refractivity contribution in [3.63, 3.8) is 0 Å². The molecule has 8 nitrogen and oxygen atoms in total. The van der Waals surface area contributed by atoms with Gasteiger partial charge in [-0.3, -0.25) is 9.82 Å². The van der Waals surface area contributed by atoms with E-state index in [2.05, 4.69) is 21.1 Å². The lowest BCUT2D eigenvalue weighted by molar-refractivity contribution is -0.185. The molecule has 33 heavy (non-hydrogen) atoms. The maximum absolute atomic E-state index is 5.76. The lowest BCUT2D eigenvalue weighted by atomic mass is 10.1. The van der Waals surface area contributed by atoms with Crippen molar-refractivity contribution < 1.29 is 4.84 Å². The first-order chi connectivity index (χ1) is 14.5. The van der Waals surface area contributed by atoms with Crippen molar-refractivity contribution in [1.29, 1.82) is 0 Å². The minimum atomic E-state index is -0.340. The van der Waals surface area contributed by atoms with E-state index < -0.39 is 0 Å². The van der Waals surface area contributed by atoms with E-state index in [9.17, 15) is 0 Å². The van der Waals surface area contributed by atoms with Gasteiger partial charge >= 0.3 is 0 Å². The molecule has 4 N–H and O–H groups in total. The van der Waals surface area contributed by atoms with Crippen molar-refractivity contribution >= 4 is 66.2 Å². The van der Waals surface area contributed by atoms with E-state index in [-0.39, 0.29) is 49.2 Å². The summed E-state index contributed by atoms with van der Waals surface area (Å²) in [6, 6.07) is 11.5. The summed E-state index contributed by atoms with van der Waals surface area (Å²) in [5.41, 5.74) is 14.8. The van der Waals surface area contributed by atoms with Crippen LogP contribution in [0.5, 0.6) is 0 Å². The topological polar surface area (TPSA) is 116 Å². The molecule has 0 aliphatic heterocycles. The summed E-state index contributed by atoms with van der Waals surface area (Å²) < 4.78 is 0. The number of hydrogen-bond acceptors (Lipinski definition) is 6. The number of pyridine rings is 1. The van der Waals surface area contributed by atoms with Gasteiger partial charge < -0.3 is 11.5 Å². The number of benzene rings is 1. The van der Waals surface area contributed by atoms with Crippen LogP contribution in [0.25, 0.3) is 23.1 Å². The van der Waals surface area contributed by atoms with Gasteiger partial charge in [-0.2, -0.15) is 5.17 Å². The Hall–Kier alpha value is -2.65. The fourth-order valence-electron chi connectivity index (χ4n) is 2.94. The number of aromatic nitrogens is 3. The number of hydrazone groups is 1. The smallest absolute Gasteiger partial charge is 0.211 e. The number of hydrogen-bond donors (Lipinski definition) is 2. The van der Waals surface area contributed by atoms with Crippen molar-refractivity contribution in [1.82, 2.24) is 20.1 Å². The Bertz CT molecular complexity index is 1060. The third kappa shape index (κ3) is 8.33. The first kappa shape index (κ1) is 30.4. The molecular formula is C22H30Cl3N7O. The average molecular weight is 515 g/mol. The molecule has 2 heterocycles. The summed E-state index contributed by atoms with van der Waals surface area (Å²) in [7, 11) is 0. The Morgan fingerprint density at radius 2 is 1.88 bits per heavy atom. The molecule has 0 saturated carbocycles. The fourth-order valence-corrected chi connectivity index (χ4v) is 2.94. The third-order valence-corrected chi connectivity index (χ3v) is 4.36. The number of hydroxylamine groups is 1. The van der Waals surface area contributed by atoms with Gasteiger partial charge in [-0.25, -0.2) is 9.97 Å². The Labute approximate surface area is 212 Å². The summed E-state index contributed by atoms with van der Waals surface area (Å²) in [5, 5.41) is 6.47. The van der Waals surface area contributed by atoms with Gasteiger partial charge in [0.1, 0.15) is 6.04 Å². The van der Waals surface area contributed by atoms with Gasteiger partial charge in [0.15, 0.2) is 5.82 Å². The summed E-state index contributed by atoms with van der Waals surface area (Å²) in [6.45, 7) is 6.47. The quantitative estimate of drug-likeness (QED) is 0.255. The largest absolute Gasteiger partial charge is 0.369 e. The molecule has 0 spiro atoms. The summed E-state index contributed by atoms with van der Waals surface area (Å²) >= 11 is 0. The molecule has 1 unspecified atom stereocenters. The number of rotatable bonds is 8. The molecule has 11 heteroatoms. The van der Waals surface area contributed by atoms with Crippen molar-refractivity contribution in [2.24, 2.45) is 16.6 Å². The van der Waals surface area contributed by atoms with Gasteiger partial charge in [-0.15, -0.1) is 42.3 Å². The Morgan fingerprint density at radius 3 is 2.52 bits per heavy atom. The van der Waals surface area contributed by atoms with Crippen LogP contribution in [0, 0.1) is 6.92 Å². The van der Waals surface area contributed by atoms with Crippen LogP contribution in [-0.4, -0.2) is 32.7 Å². The first-order valence-corrected chi connectivity index (χ1v) is 9.87. The summed E-state index contributed by atoms with van der Waals surface area (Å²) in [4.78, 5) is 19.5. The second-order valence-electron chi connectivity index (χ2n) is 6.91. The normalized spacial score (nSPS) is 11.1. The molecule has 0 amide bonds. The van der Waals surface area contributed by atoms with Gasteiger partial charge in [0.2, 0.25) is 5.96 Å². The molecule has 0 aliphatic carbocycles. The van der Waals surface area contributed by atoms with E-state index in [1.807, 2.05) is 63.3 Å². The molecular weight excluding hydrogens is 485 g/mol. The molecule has 0 bridgehead atoms. The van der Waals surface area contributed by atoms with Crippen LogP contribution in [0.15, 0.2) is 47.7 Å². The SMILES string of the molecule is CCCON(N=C(N)N)C(C)c1nc(/C=C/c2ccccn2)nc2ccc(C)cc12.Cl.Cl.Cl. The number of fused-ring (bicyclic) bond motifs is 1. The first-order valence-electron chi connectivity index (χ1n) is 9.87. The maximum Gasteiger partial charge on any atom is 0.211 e. The monoisotopic (exact) mass is 513 g/mol. The zero-order chi connectivity index (χ0) is 21.5. The zero-order valence-corrected chi connectivity index (χ0v) is 21.2. The number of nitrogens with two attached hydrogens (primary N) is 2. The fraction of sp³-hybridized carbons (Fsp3) is 0.273. The van der Waals surface area contributed by atoms with E-state index in [4.69, 9.17) is 21.3 Å². The van der Waals surface area contributed by atoms with Crippen molar-refractivity contribution in [3.05, 3.63) is 65.4 Å². The average Bonchev–Trinajstić information content (AvgIpc) is 2.74. The predicted octanol–water partition coefficient (Wildman–Crippen LogP) is 4.66. The highest BCUT2D eigenvalue weighted by atomic mass is 35.5. The van der Waals surface area contributed by atoms with Gasteiger partial charge in [0.05, 0.1) is 23.5 Å². The second kappa shape index (κ2) is 14.5. The minimum absolute atomic E-state index is 0. The van der Waals surface area contributed by atoms with Crippen LogP contribution < -0.4 is 11.5 Å². The highest BCUT2D eigenvalue weighted by molar-refractivity contribution is 5.86. The maximum atomic E-state index is 5.76. The zero-order valence-electron chi connectivity index (χ0n) is 18.7. The Kier molecular flexibility index (Phi) is 13.3. The molecule has 180 valence electrons. The van der Waals surface area contributed by atoms with Crippen LogP contribution in [0.4, 0.5) is 0 Å². The van der Waals surface area contributed by atoms with E-state index in [1.54, 1.807) is 6.20 Å². The van der Waals surface area contributed by atoms with E-state index in [1.165, 1.54) is 5.17 Å².